The molecule has 5 heteroatoms. The van der Waals surface area contributed by atoms with Crippen molar-refractivity contribution in [1.82, 2.24) is 0 Å². The van der Waals surface area contributed by atoms with Crippen LogP contribution in [0.25, 0.3) is 0 Å². The number of carbonyl (C=O) groups is 1. The summed E-state index contributed by atoms with van der Waals surface area (Å²) >= 11 is 0. The van der Waals surface area contributed by atoms with E-state index < -0.39 is 6.10 Å². The zero-order chi connectivity index (χ0) is 31.5. The predicted octanol–water partition coefficient (Wildman–Crippen LogP) is 10.3. The summed E-state index contributed by atoms with van der Waals surface area (Å²) in [5.74, 6) is -0.304. The van der Waals surface area contributed by atoms with Gasteiger partial charge < -0.3 is 20.1 Å². The fraction of sp³-hybridized carbons (Fsp3) is 0.868. The summed E-state index contributed by atoms with van der Waals surface area (Å²) in [7, 11) is 0. The number of allylic oxidation sites excluding steroid dienone is 3. The Morgan fingerprint density at radius 3 is 1.53 bits per heavy atom. The van der Waals surface area contributed by atoms with E-state index in [4.69, 9.17) is 14.9 Å². The molecule has 0 aliphatic carbocycles. The van der Waals surface area contributed by atoms with E-state index in [0.717, 1.165) is 44.9 Å². The molecule has 5 nitrogen and oxygen atoms in total. The number of hydrogen-bond acceptors (Lipinski definition) is 5. The van der Waals surface area contributed by atoms with Gasteiger partial charge >= 0.3 is 5.97 Å². The number of rotatable bonds is 34. The predicted molar refractivity (Wildman–Crippen MR) is 183 cm³/mol. The summed E-state index contributed by atoms with van der Waals surface area (Å²) in [4.78, 5) is 11.5. The van der Waals surface area contributed by atoms with Crippen molar-refractivity contribution in [2.24, 2.45) is 0 Å². The average molecular weight is 609 g/mol. The smallest absolute Gasteiger partial charge is 0.305 e. The van der Waals surface area contributed by atoms with Crippen molar-refractivity contribution in [3.63, 3.8) is 0 Å². The van der Waals surface area contributed by atoms with Crippen molar-refractivity contribution < 1.29 is 24.9 Å². The Labute approximate surface area is 267 Å². The Balaban J connectivity index is 3.33. The van der Waals surface area contributed by atoms with E-state index in [-0.39, 0.29) is 25.3 Å². The van der Waals surface area contributed by atoms with E-state index in [2.05, 4.69) is 19.1 Å². The van der Waals surface area contributed by atoms with Crippen LogP contribution in [0, 0.1) is 0 Å². The molecule has 0 fully saturated rings. The highest BCUT2D eigenvalue weighted by atomic mass is 16.5. The first-order chi connectivity index (χ1) is 21.1. The van der Waals surface area contributed by atoms with Crippen LogP contribution >= 0.6 is 0 Å². The highest BCUT2D eigenvalue weighted by Crippen LogP contribution is 2.15. The molecule has 0 rings (SSSR count). The highest BCUT2D eigenvalue weighted by Gasteiger charge is 2.07. The van der Waals surface area contributed by atoms with E-state index in [1.165, 1.54) is 128 Å². The first-order valence-electron chi connectivity index (χ1n) is 18.6. The van der Waals surface area contributed by atoms with Gasteiger partial charge in [0.1, 0.15) is 12.7 Å². The maximum atomic E-state index is 11.5. The summed E-state index contributed by atoms with van der Waals surface area (Å²) in [5, 5.41) is 28.0. The zero-order valence-electron chi connectivity index (χ0n) is 28.3. The Hall–Kier alpha value is -1.17. The molecule has 0 saturated carbocycles. The molecule has 254 valence electrons. The third-order valence-electron chi connectivity index (χ3n) is 8.33. The molecule has 0 aromatic carbocycles. The molecule has 0 amide bonds. The fourth-order valence-corrected chi connectivity index (χ4v) is 5.45. The molecule has 0 aromatic rings. The Morgan fingerprint density at radius 1 is 0.605 bits per heavy atom. The number of hydrogen-bond donors (Lipinski definition) is 3. The number of aliphatic hydroxyl groups is 3. The van der Waals surface area contributed by atoms with Crippen LogP contribution in [0.5, 0.6) is 0 Å². The minimum Gasteiger partial charge on any atom is -0.463 e. The van der Waals surface area contributed by atoms with Gasteiger partial charge in [0.2, 0.25) is 0 Å². The normalized spacial score (nSPS) is 13.3. The van der Waals surface area contributed by atoms with E-state index >= 15 is 0 Å². The quantitative estimate of drug-likeness (QED) is 0.0384. The van der Waals surface area contributed by atoms with Crippen LogP contribution in [-0.2, 0) is 9.53 Å². The Morgan fingerprint density at radius 2 is 1.05 bits per heavy atom. The third kappa shape index (κ3) is 35.2. The second-order valence-electron chi connectivity index (χ2n) is 12.7. The van der Waals surface area contributed by atoms with Crippen molar-refractivity contribution in [2.75, 3.05) is 13.2 Å². The van der Waals surface area contributed by atoms with E-state index in [1.807, 2.05) is 12.2 Å². The Kier molecular flexibility index (Phi) is 34.3. The topological polar surface area (TPSA) is 87.0 Å². The van der Waals surface area contributed by atoms with E-state index in [0.29, 0.717) is 6.42 Å². The summed E-state index contributed by atoms with van der Waals surface area (Å²) in [5.41, 5.74) is 0. The second kappa shape index (κ2) is 35.3. The number of ether oxygens (including phenoxy) is 1. The van der Waals surface area contributed by atoms with Gasteiger partial charge in [-0.2, -0.15) is 0 Å². The summed E-state index contributed by atoms with van der Waals surface area (Å²) < 4.78 is 4.89. The van der Waals surface area contributed by atoms with Gasteiger partial charge in [-0.1, -0.05) is 179 Å². The lowest BCUT2D eigenvalue weighted by atomic mass is 10.0. The van der Waals surface area contributed by atoms with Crippen LogP contribution < -0.4 is 0 Å². The van der Waals surface area contributed by atoms with Crippen molar-refractivity contribution in [3.8, 4) is 0 Å². The second-order valence-corrected chi connectivity index (χ2v) is 12.7. The summed E-state index contributed by atoms with van der Waals surface area (Å²) in [6.07, 6.45) is 41.9. The van der Waals surface area contributed by atoms with Crippen LogP contribution in [0.2, 0.25) is 0 Å². The fourth-order valence-electron chi connectivity index (χ4n) is 5.45. The minimum atomic E-state index is -0.980. The van der Waals surface area contributed by atoms with Gasteiger partial charge in [-0.05, 0) is 25.7 Å². The van der Waals surface area contributed by atoms with Crippen LogP contribution in [-0.4, -0.2) is 46.7 Å². The van der Waals surface area contributed by atoms with Gasteiger partial charge in [0.05, 0.1) is 12.7 Å². The van der Waals surface area contributed by atoms with Gasteiger partial charge in [-0.25, -0.2) is 0 Å². The van der Waals surface area contributed by atoms with Gasteiger partial charge in [-0.3, -0.25) is 4.79 Å². The first kappa shape index (κ1) is 41.8. The lowest BCUT2D eigenvalue weighted by molar-refractivity contribution is -0.147. The van der Waals surface area contributed by atoms with Gasteiger partial charge in [-0.15, -0.1) is 0 Å². The van der Waals surface area contributed by atoms with Crippen molar-refractivity contribution in [3.05, 3.63) is 24.3 Å². The molecule has 0 bridgehead atoms. The van der Waals surface area contributed by atoms with Crippen LogP contribution in [0.3, 0.4) is 0 Å². The van der Waals surface area contributed by atoms with Gasteiger partial charge in [0, 0.05) is 6.42 Å². The third-order valence-corrected chi connectivity index (χ3v) is 8.33. The van der Waals surface area contributed by atoms with Gasteiger partial charge in [0.25, 0.3) is 0 Å². The number of unbranched alkanes of at least 4 members (excludes halogenated alkanes) is 24. The van der Waals surface area contributed by atoms with Gasteiger partial charge in [0.15, 0.2) is 0 Å². The molecule has 0 unspecified atom stereocenters. The zero-order valence-corrected chi connectivity index (χ0v) is 28.3. The lowest BCUT2D eigenvalue weighted by Crippen LogP contribution is -2.21. The number of esters is 1. The van der Waals surface area contributed by atoms with Crippen LogP contribution in [0.15, 0.2) is 24.3 Å². The molecule has 3 N–H and O–H groups in total. The molecule has 0 aromatic heterocycles. The molecule has 2 atom stereocenters. The van der Waals surface area contributed by atoms with Crippen LogP contribution in [0.1, 0.15) is 187 Å². The van der Waals surface area contributed by atoms with Crippen molar-refractivity contribution in [2.45, 2.75) is 199 Å². The average Bonchev–Trinajstić information content (AvgIpc) is 3.01. The highest BCUT2D eigenvalue weighted by molar-refractivity contribution is 5.69. The molecule has 43 heavy (non-hydrogen) atoms. The molecule has 0 aliphatic heterocycles. The molecule has 0 saturated heterocycles. The first-order valence-corrected chi connectivity index (χ1v) is 18.6. The standard InChI is InChI=1S/C38H72O5/c1-2-3-4-5-6-7-8-9-10-11-12-13-14-15-16-17-18-19-22-25-28-31-36(40)32-29-26-23-20-21-24-27-30-33-38(42)43-35-37(41)34-39/h22,25,28,31,36-37,39-41H,2-21,23-24,26-27,29-30,32-35H2,1H3/b25-22?,31-28+/t36-,37+/m0/s1. The molecular formula is C38H72O5. The Bertz CT molecular complexity index is 617. The van der Waals surface area contributed by atoms with Crippen molar-refractivity contribution >= 4 is 5.97 Å². The monoisotopic (exact) mass is 609 g/mol. The SMILES string of the molecule is CCCCCCCCCCCCCCCCCCCC=C/C=C/[C@H](O)CCCCCCCCCCC(=O)OC[C@H](O)CO. The van der Waals surface area contributed by atoms with E-state index in [9.17, 15) is 9.90 Å². The van der Waals surface area contributed by atoms with E-state index in [1.54, 1.807) is 0 Å². The lowest BCUT2D eigenvalue weighted by Gasteiger charge is -2.08. The number of aliphatic hydroxyl groups excluding tert-OH is 3. The molecular weight excluding hydrogens is 536 g/mol. The summed E-state index contributed by atoms with van der Waals surface area (Å²) in [6.45, 7) is 1.77. The number of carbonyl (C=O) groups excluding carboxylic acids is 1. The molecule has 0 radical (unpaired) electrons. The molecule has 0 spiro atoms. The maximum Gasteiger partial charge on any atom is 0.305 e. The maximum absolute atomic E-state index is 11.5. The minimum absolute atomic E-state index is 0.129. The van der Waals surface area contributed by atoms with Crippen LogP contribution in [0.4, 0.5) is 0 Å². The van der Waals surface area contributed by atoms with Crippen molar-refractivity contribution in [1.29, 1.82) is 0 Å². The molecule has 0 aliphatic rings. The largest absolute Gasteiger partial charge is 0.463 e. The summed E-state index contributed by atoms with van der Waals surface area (Å²) in [6, 6.07) is 0. The molecule has 0 heterocycles.